The van der Waals surface area contributed by atoms with E-state index in [-0.39, 0.29) is 27.8 Å². The molecule has 0 saturated carbocycles. The smallest absolute Gasteiger partial charge is 0.416 e. The summed E-state index contributed by atoms with van der Waals surface area (Å²) in [5, 5.41) is 8.44. The van der Waals surface area contributed by atoms with Crippen LogP contribution in [0.15, 0.2) is 36.4 Å². The molecule has 1 unspecified atom stereocenters. The third kappa shape index (κ3) is 5.31. The first-order chi connectivity index (χ1) is 12.7. The molecule has 1 atom stereocenters. The third-order valence-corrected chi connectivity index (χ3v) is 4.06. The Bertz CT molecular complexity index is 896. The lowest BCUT2D eigenvalue weighted by Crippen LogP contribution is -2.22. The van der Waals surface area contributed by atoms with Gasteiger partial charge in [-0.15, -0.1) is 12.6 Å². The summed E-state index contributed by atoms with van der Waals surface area (Å²) >= 11 is 9.60. The molecule has 2 aromatic rings. The first kappa shape index (κ1) is 20.9. The molecule has 0 amide bonds. The Morgan fingerprint density at radius 3 is 2.48 bits per heavy atom. The SMILES string of the molecule is CCC(Oc1cc(Oc2ccc(C(F)(F)F)cc2Cl)ccc1C#N)C(=O)S. The topological polar surface area (TPSA) is 59.3 Å². The second kappa shape index (κ2) is 8.55. The number of carbonyl (C=O) groups is 1. The van der Waals surface area contributed by atoms with E-state index >= 15 is 0 Å². The van der Waals surface area contributed by atoms with Gasteiger partial charge in [0.25, 0.3) is 0 Å². The first-order valence-corrected chi connectivity index (χ1v) is 8.46. The summed E-state index contributed by atoms with van der Waals surface area (Å²) in [5.41, 5.74) is -0.740. The van der Waals surface area contributed by atoms with E-state index in [0.29, 0.717) is 6.42 Å². The van der Waals surface area contributed by atoms with Crippen LogP contribution >= 0.6 is 24.2 Å². The van der Waals surface area contributed by atoms with Gasteiger partial charge in [-0.05, 0) is 36.8 Å². The van der Waals surface area contributed by atoms with Crippen LogP contribution in [-0.2, 0) is 11.0 Å². The number of nitriles is 1. The molecule has 0 heterocycles. The van der Waals surface area contributed by atoms with Gasteiger partial charge < -0.3 is 9.47 Å². The van der Waals surface area contributed by atoms with E-state index < -0.39 is 23.0 Å². The standard InChI is InChI=1S/C18H13ClF3NO3S/c1-2-14(17(24)27)26-16-8-12(5-3-10(16)9-23)25-15-6-4-11(7-13(15)19)18(20,21)22/h3-8,14H,2H2,1H3,(H,24,27). The highest BCUT2D eigenvalue weighted by molar-refractivity contribution is 7.96. The minimum absolute atomic E-state index is 0.00219. The molecule has 0 radical (unpaired) electrons. The highest BCUT2D eigenvalue weighted by atomic mass is 35.5. The van der Waals surface area contributed by atoms with Gasteiger partial charge in [-0.2, -0.15) is 18.4 Å². The summed E-state index contributed by atoms with van der Waals surface area (Å²) in [6.45, 7) is 1.72. The van der Waals surface area contributed by atoms with E-state index in [1.54, 1.807) is 6.92 Å². The third-order valence-electron chi connectivity index (χ3n) is 3.48. The molecular formula is C18H13ClF3NO3S. The lowest BCUT2D eigenvalue weighted by atomic mass is 10.2. The molecule has 0 bridgehead atoms. The second-order valence-corrected chi connectivity index (χ2v) is 6.22. The molecule has 0 aliphatic carbocycles. The van der Waals surface area contributed by atoms with Gasteiger partial charge in [-0.3, -0.25) is 4.79 Å². The van der Waals surface area contributed by atoms with E-state index in [1.165, 1.54) is 18.2 Å². The Kier molecular flexibility index (Phi) is 6.63. The first-order valence-electron chi connectivity index (χ1n) is 7.64. The minimum Gasteiger partial charge on any atom is -0.480 e. The van der Waals surface area contributed by atoms with E-state index in [9.17, 15) is 23.2 Å². The lowest BCUT2D eigenvalue weighted by Gasteiger charge is -2.16. The predicted octanol–water partition coefficient (Wildman–Crippen LogP) is 5.64. The molecule has 0 aliphatic rings. The normalized spacial score (nSPS) is 12.2. The Morgan fingerprint density at radius 1 is 1.26 bits per heavy atom. The van der Waals surface area contributed by atoms with Crippen LogP contribution in [0, 0.1) is 11.3 Å². The highest BCUT2D eigenvalue weighted by Crippen LogP contribution is 2.37. The van der Waals surface area contributed by atoms with Gasteiger partial charge in [-0.1, -0.05) is 18.5 Å². The maximum atomic E-state index is 12.7. The van der Waals surface area contributed by atoms with Gasteiger partial charge >= 0.3 is 6.18 Å². The molecule has 0 spiro atoms. The van der Waals surface area contributed by atoms with Crippen LogP contribution in [0.1, 0.15) is 24.5 Å². The second-order valence-electron chi connectivity index (χ2n) is 5.37. The monoisotopic (exact) mass is 415 g/mol. The largest absolute Gasteiger partial charge is 0.480 e. The Morgan fingerprint density at radius 2 is 1.96 bits per heavy atom. The van der Waals surface area contributed by atoms with Gasteiger partial charge in [0.15, 0.2) is 6.10 Å². The van der Waals surface area contributed by atoms with Crippen molar-refractivity contribution >= 4 is 29.3 Å². The molecule has 9 heteroatoms. The van der Waals surface area contributed by atoms with Gasteiger partial charge in [0.05, 0.1) is 16.1 Å². The summed E-state index contributed by atoms with van der Waals surface area (Å²) in [7, 11) is 0. The van der Waals surface area contributed by atoms with E-state index in [1.807, 2.05) is 6.07 Å². The quantitative estimate of drug-likeness (QED) is 0.620. The molecule has 2 rings (SSSR count). The number of hydrogen-bond acceptors (Lipinski definition) is 4. The molecule has 0 N–H and O–H groups in total. The Hall–Kier alpha value is -2.37. The summed E-state index contributed by atoms with van der Waals surface area (Å²) in [6.07, 6.45) is -5.04. The fourth-order valence-corrected chi connectivity index (χ4v) is 2.56. The van der Waals surface area contributed by atoms with Crippen LogP contribution in [0.3, 0.4) is 0 Å². The fraction of sp³-hybridized carbons (Fsp3) is 0.222. The minimum atomic E-state index is -4.52. The number of nitrogens with zero attached hydrogens (tertiary/aromatic N) is 1. The van der Waals surface area contributed by atoms with E-state index in [0.717, 1.165) is 18.2 Å². The highest BCUT2D eigenvalue weighted by Gasteiger charge is 2.31. The summed E-state index contributed by atoms with van der Waals surface area (Å²) in [6, 6.07) is 8.80. The van der Waals surface area contributed by atoms with Gasteiger partial charge in [0.1, 0.15) is 23.3 Å². The van der Waals surface area contributed by atoms with Crippen molar-refractivity contribution in [3.8, 4) is 23.3 Å². The number of carbonyl (C=O) groups excluding carboxylic acids is 1. The fourth-order valence-electron chi connectivity index (χ4n) is 2.10. The molecule has 0 fully saturated rings. The molecule has 2 aromatic carbocycles. The van der Waals surface area contributed by atoms with Crippen LogP contribution < -0.4 is 9.47 Å². The molecule has 0 aliphatic heterocycles. The summed E-state index contributed by atoms with van der Waals surface area (Å²) in [4.78, 5) is 11.4. The van der Waals surface area contributed by atoms with Crippen molar-refractivity contribution in [2.45, 2.75) is 25.6 Å². The maximum absolute atomic E-state index is 12.7. The van der Waals surface area contributed by atoms with Crippen molar-refractivity contribution in [1.29, 1.82) is 5.26 Å². The van der Waals surface area contributed by atoms with Crippen LogP contribution in [0.4, 0.5) is 13.2 Å². The van der Waals surface area contributed by atoms with Crippen molar-refractivity contribution < 1.29 is 27.4 Å². The predicted molar refractivity (Wildman–Crippen MR) is 96.4 cm³/mol. The van der Waals surface area contributed by atoms with Gasteiger partial charge in [-0.25, -0.2) is 0 Å². The molecule has 142 valence electrons. The average molecular weight is 416 g/mol. The van der Waals surface area contributed by atoms with E-state index in [4.69, 9.17) is 21.1 Å². The number of hydrogen-bond donors (Lipinski definition) is 1. The van der Waals surface area contributed by atoms with Crippen LogP contribution in [-0.4, -0.2) is 11.2 Å². The molecule has 0 aromatic heterocycles. The number of alkyl halides is 3. The molecule has 4 nitrogen and oxygen atoms in total. The van der Waals surface area contributed by atoms with Gasteiger partial charge in [0.2, 0.25) is 5.12 Å². The molecule has 0 saturated heterocycles. The molecule has 27 heavy (non-hydrogen) atoms. The zero-order chi connectivity index (χ0) is 20.2. The summed E-state index contributed by atoms with van der Waals surface area (Å²) < 4.78 is 49.1. The molecular weight excluding hydrogens is 403 g/mol. The number of rotatable bonds is 6. The number of ether oxygens (including phenoxy) is 2. The lowest BCUT2D eigenvalue weighted by molar-refractivity contribution is -0.137. The number of thiol groups is 1. The van der Waals surface area contributed by atoms with Crippen molar-refractivity contribution in [1.82, 2.24) is 0 Å². The van der Waals surface area contributed by atoms with Crippen LogP contribution in [0.5, 0.6) is 17.2 Å². The van der Waals surface area contributed by atoms with Crippen molar-refractivity contribution in [2.24, 2.45) is 0 Å². The zero-order valence-electron chi connectivity index (χ0n) is 13.9. The van der Waals surface area contributed by atoms with Crippen molar-refractivity contribution in [3.63, 3.8) is 0 Å². The Balaban J connectivity index is 2.31. The average Bonchev–Trinajstić information content (AvgIpc) is 2.60. The Labute approximate surface area is 163 Å². The zero-order valence-corrected chi connectivity index (χ0v) is 15.5. The van der Waals surface area contributed by atoms with Crippen molar-refractivity contribution in [2.75, 3.05) is 0 Å². The van der Waals surface area contributed by atoms with Crippen molar-refractivity contribution in [3.05, 3.63) is 52.5 Å². The number of benzene rings is 2. The van der Waals surface area contributed by atoms with Gasteiger partial charge in [0, 0.05) is 6.07 Å². The maximum Gasteiger partial charge on any atom is 0.416 e. The van der Waals surface area contributed by atoms with Crippen LogP contribution in [0.25, 0.3) is 0 Å². The van der Waals surface area contributed by atoms with E-state index in [2.05, 4.69) is 12.6 Å². The summed E-state index contributed by atoms with van der Waals surface area (Å²) in [5.74, 6) is 0.261. The van der Waals surface area contributed by atoms with Crippen LogP contribution in [0.2, 0.25) is 5.02 Å². The number of halogens is 4.